The van der Waals surface area contributed by atoms with Gasteiger partial charge in [-0.2, -0.15) is 0 Å². The van der Waals surface area contributed by atoms with Gasteiger partial charge in [-0.25, -0.2) is 9.97 Å². The molecule has 0 amide bonds. The largest absolute Gasteiger partial charge is 0.368 e. The fourth-order valence-electron chi connectivity index (χ4n) is 1.57. The molecule has 0 saturated heterocycles. The minimum atomic E-state index is -0.811. The Morgan fingerprint density at radius 1 is 1.50 bits per heavy atom. The van der Waals surface area contributed by atoms with E-state index >= 15 is 0 Å². The van der Waals surface area contributed by atoms with E-state index in [9.17, 15) is 4.21 Å². The van der Waals surface area contributed by atoms with Gasteiger partial charge in [-0.1, -0.05) is 6.92 Å². The number of aromatic nitrogens is 2. The lowest BCUT2D eigenvalue weighted by Crippen LogP contribution is -2.11. The third kappa shape index (κ3) is 3.18. The second-order valence-electron chi connectivity index (χ2n) is 3.83. The van der Waals surface area contributed by atoms with Gasteiger partial charge in [0.15, 0.2) is 0 Å². The van der Waals surface area contributed by atoms with E-state index in [-0.39, 0.29) is 5.28 Å². The van der Waals surface area contributed by atoms with E-state index in [0.717, 1.165) is 22.5 Å². The van der Waals surface area contributed by atoms with Crippen LogP contribution in [0.15, 0.2) is 6.07 Å². The minimum absolute atomic E-state index is 0.243. The smallest absolute Gasteiger partial charge is 0.225 e. The van der Waals surface area contributed by atoms with Gasteiger partial charge in [-0.3, -0.25) is 4.21 Å². The number of halogens is 1. The number of aryl methyl sites for hydroxylation is 1. The van der Waals surface area contributed by atoms with Gasteiger partial charge >= 0.3 is 0 Å². The van der Waals surface area contributed by atoms with Gasteiger partial charge in [0.1, 0.15) is 10.6 Å². The van der Waals surface area contributed by atoms with Gasteiger partial charge in [0.25, 0.3) is 0 Å². The first-order valence-electron chi connectivity index (χ1n) is 5.60. The van der Waals surface area contributed by atoms with Crippen molar-refractivity contribution >= 4 is 49.8 Å². The summed E-state index contributed by atoms with van der Waals surface area (Å²) in [5.74, 6) is 1.32. The Labute approximate surface area is 117 Å². The number of nitrogens with one attached hydrogen (secondary N) is 1. The van der Waals surface area contributed by atoms with Crippen LogP contribution in [0.4, 0.5) is 5.82 Å². The fourth-order valence-corrected chi connectivity index (χ4v) is 3.14. The third-order valence-electron chi connectivity index (χ3n) is 2.45. The van der Waals surface area contributed by atoms with E-state index in [1.54, 1.807) is 17.6 Å². The molecule has 0 aliphatic carbocycles. The van der Waals surface area contributed by atoms with Crippen molar-refractivity contribution < 1.29 is 4.21 Å². The van der Waals surface area contributed by atoms with Crippen LogP contribution in [0, 0.1) is 0 Å². The minimum Gasteiger partial charge on any atom is -0.368 e. The number of hydrogen-bond acceptors (Lipinski definition) is 5. The molecule has 98 valence electrons. The summed E-state index contributed by atoms with van der Waals surface area (Å²) in [6.45, 7) is 2.72. The van der Waals surface area contributed by atoms with Crippen LogP contribution in [0.3, 0.4) is 0 Å². The Kier molecular flexibility index (Phi) is 4.53. The van der Waals surface area contributed by atoms with E-state index in [1.165, 1.54) is 4.88 Å². The van der Waals surface area contributed by atoms with E-state index in [1.807, 2.05) is 0 Å². The zero-order valence-electron chi connectivity index (χ0n) is 10.2. The molecule has 0 aliphatic heterocycles. The van der Waals surface area contributed by atoms with Crippen molar-refractivity contribution in [1.82, 2.24) is 9.97 Å². The van der Waals surface area contributed by atoms with Gasteiger partial charge in [-0.15, -0.1) is 11.3 Å². The molecule has 0 aromatic carbocycles. The van der Waals surface area contributed by atoms with Crippen molar-refractivity contribution in [3.63, 3.8) is 0 Å². The predicted molar refractivity (Wildman–Crippen MR) is 79.2 cm³/mol. The second-order valence-corrected chi connectivity index (χ2v) is 6.84. The van der Waals surface area contributed by atoms with Gasteiger partial charge < -0.3 is 5.32 Å². The molecule has 1 N–H and O–H groups in total. The summed E-state index contributed by atoms with van der Waals surface area (Å²) < 4.78 is 11.0. The lowest BCUT2D eigenvalue weighted by atomic mass is 10.3. The first-order valence-corrected chi connectivity index (χ1v) is 8.52. The topological polar surface area (TPSA) is 54.9 Å². The molecular formula is C11H14ClN3OS2. The Morgan fingerprint density at radius 2 is 2.28 bits per heavy atom. The third-order valence-corrected chi connectivity index (χ3v) is 4.57. The van der Waals surface area contributed by atoms with E-state index in [2.05, 4.69) is 28.3 Å². The van der Waals surface area contributed by atoms with Crippen molar-refractivity contribution in [3.8, 4) is 0 Å². The first kappa shape index (κ1) is 13.7. The van der Waals surface area contributed by atoms with Crippen molar-refractivity contribution in [3.05, 3.63) is 16.2 Å². The van der Waals surface area contributed by atoms with Crippen molar-refractivity contribution in [1.29, 1.82) is 0 Å². The Hall–Kier alpha value is -0.720. The average molecular weight is 304 g/mol. The highest BCUT2D eigenvalue weighted by Gasteiger charge is 2.10. The molecule has 0 radical (unpaired) electrons. The maximum atomic E-state index is 11.0. The van der Waals surface area contributed by atoms with E-state index < -0.39 is 10.8 Å². The first-order chi connectivity index (χ1) is 8.60. The molecule has 2 aromatic heterocycles. The molecular weight excluding hydrogens is 290 g/mol. The monoisotopic (exact) mass is 303 g/mol. The number of fused-ring (bicyclic) bond motifs is 1. The lowest BCUT2D eigenvalue weighted by Gasteiger charge is -2.05. The molecule has 2 heterocycles. The quantitative estimate of drug-likeness (QED) is 0.863. The Morgan fingerprint density at radius 3 is 2.94 bits per heavy atom. The van der Waals surface area contributed by atoms with Gasteiger partial charge in [0.2, 0.25) is 5.28 Å². The highest BCUT2D eigenvalue weighted by atomic mass is 35.5. The molecule has 4 nitrogen and oxygen atoms in total. The van der Waals surface area contributed by atoms with E-state index in [0.29, 0.717) is 12.3 Å². The molecule has 2 rings (SSSR count). The molecule has 7 heteroatoms. The van der Waals surface area contributed by atoms with Crippen LogP contribution in [-0.4, -0.2) is 32.7 Å². The molecule has 0 spiro atoms. The zero-order chi connectivity index (χ0) is 13.1. The highest BCUT2D eigenvalue weighted by Crippen LogP contribution is 2.30. The van der Waals surface area contributed by atoms with Crippen molar-refractivity contribution in [2.75, 3.05) is 23.9 Å². The fraction of sp³-hybridized carbons (Fsp3) is 0.455. The number of hydrogen-bond donors (Lipinski definition) is 1. The summed E-state index contributed by atoms with van der Waals surface area (Å²) in [6, 6.07) is 2.08. The summed E-state index contributed by atoms with van der Waals surface area (Å²) in [4.78, 5) is 10.6. The maximum absolute atomic E-state index is 11.0. The second kappa shape index (κ2) is 5.95. The Bertz CT molecular complexity index is 585. The van der Waals surface area contributed by atoms with Crippen LogP contribution < -0.4 is 5.32 Å². The van der Waals surface area contributed by atoms with Gasteiger partial charge in [-0.05, 0) is 24.1 Å². The molecule has 0 fully saturated rings. The van der Waals surface area contributed by atoms with Crippen LogP contribution >= 0.6 is 22.9 Å². The molecule has 18 heavy (non-hydrogen) atoms. The summed E-state index contributed by atoms with van der Waals surface area (Å²) in [7, 11) is -0.811. The summed E-state index contributed by atoms with van der Waals surface area (Å²) >= 11 is 7.53. The summed E-state index contributed by atoms with van der Waals surface area (Å²) in [5.41, 5.74) is 0. The molecule has 0 aliphatic rings. The molecule has 2 aromatic rings. The van der Waals surface area contributed by atoms with Crippen LogP contribution in [0.5, 0.6) is 0 Å². The van der Waals surface area contributed by atoms with Crippen LogP contribution in [0.2, 0.25) is 5.28 Å². The number of rotatable bonds is 5. The highest BCUT2D eigenvalue weighted by molar-refractivity contribution is 7.84. The normalized spacial score (nSPS) is 12.8. The molecule has 0 bridgehead atoms. The average Bonchev–Trinajstić information content (AvgIpc) is 2.71. The summed E-state index contributed by atoms with van der Waals surface area (Å²) in [5, 5.41) is 4.41. The molecule has 0 saturated carbocycles. The number of anilines is 1. The van der Waals surface area contributed by atoms with Crippen molar-refractivity contribution in [2.24, 2.45) is 0 Å². The summed E-state index contributed by atoms with van der Waals surface area (Å²) in [6.07, 6.45) is 2.65. The predicted octanol–water partition coefficient (Wildman–Crippen LogP) is 2.70. The van der Waals surface area contributed by atoms with Crippen LogP contribution in [-0.2, 0) is 17.2 Å². The zero-order valence-corrected chi connectivity index (χ0v) is 12.6. The lowest BCUT2D eigenvalue weighted by molar-refractivity contribution is 0.687. The van der Waals surface area contributed by atoms with E-state index in [4.69, 9.17) is 11.6 Å². The maximum Gasteiger partial charge on any atom is 0.225 e. The standard InChI is InChI=1S/C11H14ClN3OS2/c1-3-7-6-8-9(13-4-5-18(2)16)14-11(12)15-10(8)17-7/h6H,3-5H2,1-2H3,(H,13,14,15). The Balaban J connectivity index is 2.29. The number of nitrogens with zero attached hydrogens (tertiary/aromatic N) is 2. The number of thiophene rings is 1. The molecule has 1 atom stereocenters. The van der Waals surface area contributed by atoms with Crippen LogP contribution in [0.25, 0.3) is 10.2 Å². The van der Waals surface area contributed by atoms with Crippen LogP contribution in [0.1, 0.15) is 11.8 Å². The van der Waals surface area contributed by atoms with Crippen molar-refractivity contribution in [2.45, 2.75) is 13.3 Å². The van der Waals surface area contributed by atoms with Gasteiger partial charge in [0, 0.05) is 34.2 Å². The molecule has 1 unspecified atom stereocenters. The SMILES string of the molecule is CCc1cc2c(NCCS(C)=O)nc(Cl)nc2s1. The van der Waals surface area contributed by atoms with Gasteiger partial charge in [0.05, 0.1) is 5.39 Å².